The van der Waals surface area contributed by atoms with Gasteiger partial charge in [-0.3, -0.25) is 4.90 Å². The van der Waals surface area contributed by atoms with E-state index in [2.05, 4.69) is 55.5 Å². The summed E-state index contributed by atoms with van der Waals surface area (Å²) in [5.41, 5.74) is 0. The predicted molar refractivity (Wildman–Crippen MR) is 77.6 cm³/mol. The van der Waals surface area contributed by atoms with E-state index in [-0.39, 0.29) is 0 Å². The number of nitrogens with one attached hydrogen (secondary N) is 1. The molecule has 0 aliphatic rings. The molecule has 0 spiro atoms. The van der Waals surface area contributed by atoms with E-state index in [1.54, 1.807) is 0 Å². The molecule has 0 fully saturated rings. The van der Waals surface area contributed by atoms with E-state index in [0.29, 0.717) is 12.1 Å². The van der Waals surface area contributed by atoms with Crippen molar-refractivity contribution in [2.24, 2.45) is 0 Å². The Morgan fingerprint density at radius 1 is 1.41 bits per heavy atom. The van der Waals surface area contributed by atoms with E-state index >= 15 is 0 Å². The van der Waals surface area contributed by atoms with Crippen LogP contribution in [-0.4, -0.2) is 30.6 Å². The molecule has 2 unspecified atom stereocenters. The molecule has 17 heavy (non-hydrogen) atoms. The van der Waals surface area contributed by atoms with Gasteiger partial charge in [-0.05, 0) is 38.8 Å². The second-order valence-electron chi connectivity index (χ2n) is 4.94. The van der Waals surface area contributed by atoms with Crippen LogP contribution in [0.25, 0.3) is 0 Å². The van der Waals surface area contributed by atoms with Crippen molar-refractivity contribution in [1.29, 1.82) is 0 Å². The van der Waals surface area contributed by atoms with Gasteiger partial charge in [0, 0.05) is 30.1 Å². The van der Waals surface area contributed by atoms with Crippen molar-refractivity contribution < 1.29 is 0 Å². The van der Waals surface area contributed by atoms with Crippen LogP contribution in [0.15, 0.2) is 17.5 Å². The summed E-state index contributed by atoms with van der Waals surface area (Å²) in [6.07, 6.45) is 2.52. The number of thiophene rings is 1. The van der Waals surface area contributed by atoms with Gasteiger partial charge in [0.25, 0.3) is 0 Å². The highest BCUT2D eigenvalue weighted by Crippen LogP contribution is 2.12. The summed E-state index contributed by atoms with van der Waals surface area (Å²) in [7, 11) is 2.20. The van der Waals surface area contributed by atoms with Crippen LogP contribution in [0.3, 0.4) is 0 Å². The highest BCUT2D eigenvalue weighted by Gasteiger charge is 2.11. The van der Waals surface area contributed by atoms with E-state index in [9.17, 15) is 0 Å². The van der Waals surface area contributed by atoms with E-state index in [0.717, 1.165) is 13.1 Å². The molecule has 0 aliphatic heterocycles. The Balaban J connectivity index is 2.24. The zero-order valence-electron chi connectivity index (χ0n) is 11.6. The molecular weight excluding hydrogens is 228 g/mol. The van der Waals surface area contributed by atoms with Gasteiger partial charge in [-0.2, -0.15) is 0 Å². The summed E-state index contributed by atoms with van der Waals surface area (Å²) in [6, 6.07) is 5.55. The zero-order chi connectivity index (χ0) is 12.7. The van der Waals surface area contributed by atoms with E-state index in [1.165, 1.54) is 17.7 Å². The van der Waals surface area contributed by atoms with Gasteiger partial charge in [0.05, 0.1) is 0 Å². The maximum Gasteiger partial charge on any atom is 0.0328 e. The standard InChI is InChI=1S/C14H26N2S/c1-5-7-12(2)15-10-13(3)16(4)11-14-8-6-9-17-14/h6,8-9,12-13,15H,5,7,10-11H2,1-4H3. The first-order valence-electron chi connectivity index (χ1n) is 6.59. The Labute approximate surface area is 110 Å². The number of likely N-dealkylation sites (N-methyl/N-ethyl adjacent to an activating group) is 1. The second-order valence-corrected chi connectivity index (χ2v) is 5.97. The lowest BCUT2D eigenvalue weighted by Gasteiger charge is -2.26. The van der Waals surface area contributed by atoms with Gasteiger partial charge in [0.15, 0.2) is 0 Å². The van der Waals surface area contributed by atoms with E-state index in [4.69, 9.17) is 0 Å². The van der Waals surface area contributed by atoms with Gasteiger partial charge in [0.2, 0.25) is 0 Å². The lowest BCUT2D eigenvalue weighted by atomic mass is 10.2. The third-order valence-corrected chi connectivity index (χ3v) is 4.08. The maximum atomic E-state index is 3.61. The molecule has 0 radical (unpaired) electrons. The molecule has 0 aliphatic carbocycles. The summed E-state index contributed by atoms with van der Waals surface area (Å²) in [6.45, 7) is 8.94. The topological polar surface area (TPSA) is 15.3 Å². The minimum Gasteiger partial charge on any atom is -0.313 e. The molecule has 0 saturated carbocycles. The van der Waals surface area contributed by atoms with Crippen LogP contribution in [0.1, 0.15) is 38.5 Å². The summed E-state index contributed by atoms with van der Waals surface area (Å²) < 4.78 is 0. The molecule has 98 valence electrons. The van der Waals surface area contributed by atoms with Crippen LogP contribution in [-0.2, 0) is 6.54 Å². The molecule has 1 rings (SSSR count). The van der Waals surface area contributed by atoms with Gasteiger partial charge < -0.3 is 5.32 Å². The molecule has 0 saturated heterocycles. The molecule has 2 atom stereocenters. The average molecular weight is 254 g/mol. The van der Waals surface area contributed by atoms with Crippen molar-refractivity contribution >= 4 is 11.3 Å². The Morgan fingerprint density at radius 3 is 2.76 bits per heavy atom. The summed E-state index contributed by atoms with van der Waals surface area (Å²) in [5, 5.41) is 5.75. The minimum atomic E-state index is 0.580. The quantitative estimate of drug-likeness (QED) is 0.765. The average Bonchev–Trinajstić information content (AvgIpc) is 2.79. The Kier molecular flexibility index (Phi) is 6.78. The number of rotatable bonds is 8. The number of hydrogen-bond acceptors (Lipinski definition) is 3. The van der Waals surface area contributed by atoms with Crippen LogP contribution in [0.2, 0.25) is 0 Å². The lowest BCUT2D eigenvalue weighted by molar-refractivity contribution is 0.239. The largest absolute Gasteiger partial charge is 0.313 e. The summed E-state index contributed by atoms with van der Waals surface area (Å²) >= 11 is 1.84. The number of hydrogen-bond donors (Lipinski definition) is 1. The fraction of sp³-hybridized carbons (Fsp3) is 0.714. The monoisotopic (exact) mass is 254 g/mol. The molecule has 1 heterocycles. The van der Waals surface area contributed by atoms with E-state index in [1.807, 2.05) is 11.3 Å². The number of nitrogens with zero attached hydrogens (tertiary/aromatic N) is 1. The van der Waals surface area contributed by atoms with Crippen molar-refractivity contribution in [3.8, 4) is 0 Å². The fourth-order valence-electron chi connectivity index (χ4n) is 1.87. The molecule has 1 aromatic heterocycles. The van der Waals surface area contributed by atoms with Crippen LogP contribution in [0.4, 0.5) is 0 Å². The third kappa shape index (κ3) is 5.66. The van der Waals surface area contributed by atoms with Gasteiger partial charge in [0.1, 0.15) is 0 Å². The highest BCUT2D eigenvalue weighted by atomic mass is 32.1. The van der Waals surface area contributed by atoms with Crippen LogP contribution in [0.5, 0.6) is 0 Å². The van der Waals surface area contributed by atoms with Crippen LogP contribution < -0.4 is 5.32 Å². The first-order valence-corrected chi connectivity index (χ1v) is 7.47. The predicted octanol–water partition coefficient (Wildman–Crippen LogP) is 3.35. The van der Waals surface area contributed by atoms with Crippen molar-refractivity contribution in [2.45, 2.75) is 52.2 Å². The second kappa shape index (κ2) is 7.85. The van der Waals surface area contributed by atoms with Gasteiger partial charge in [-0.15, -0.1) is 11.3 Å². The molecule has 3 heteroatoms. The summed E-state index contributed by atoms with van der Waals surface area (Å²) in [4.78, 5) is 3.86. The normalized spacial score (nSPS) is 15.1. The minimum absolute atomic E-state index is 0.580. The van der Waals surface area contributed by atoms with Gasteiger partial charge >= 0.3 is 0 Å². The van der Waals surface area contributed by atoms with E-state index < -0.39 is 0 Å². The van der Waals surface area contributed by atoms with Gasteiger partial charge in [-0.1, -0.05) is 19.4 Å². The molecule has 1 aromatic rings. The van der Waals surface area contributed by atoms with Crippen molar-refractivity contribution in [3.63, 3.8) is 0 Å². The SMILES string of the molecule is CCCC(C)NCC(C)N(C)Cc1cccs1. The Morgan fingerprint density at radius 2 is 2.18 bits per heavy atom. The molecule has 2 nitrogen and oxygen atoms in total. The molecule has 1 N–H and O–H groups in total. The smallest absolute Gasteiger partial charge is 0.0328 e. The summed E-state index contributed by atoms with van der Waals surface area (Å²) in [5.74, 6) is 0. The molecule has 0 bridgehead atoms. The van der Waals surface area contributed by atoms with Crippen LogP contribution in [0, 0.1) is 0 Å². The van der Waals surface area contributed by atoms with Gasteiger partial charge in [-0.25, -0.2) is 0 Å². The first kappa shape index (κ1) is 14.7. The maximum absolute atomic E-state index is 3.61. The highest BCUT2D eigenvalue weighted by molar-refractivity contribution is 7.09. The zero-order valence-corrected chi connectivity index (χ0v) is 12.4. The first-order chi connectivity index (χ1) is 8.13. The molecular formula is C14H26N2S. The van der Waals surface area contributed by atoms with Crippen molar-refractivity contribution in [3.05, 3.63) is 22.4 Å². The Bertz CT molecular complexity index is 284. The molecule has 0 aromatic carbocycles. The van der Waals surface area contributed by atoms with Crippen LogP contribution >= 0.6 is 11.3 Å². The molecule has 0 amide bonds. The third-order valence-electron chi connectivity index (χ3n) is 3.22. The Hall–Kier alpha value is -0.380. The van der Waals surface area contributed by atoms with Crippen molar-refractivity contribution in [1.82, 2.24) is 10.2 Å². The van der Waals surface area contributed by atoms with Crippen molar-refractivity contribution in [2.75, 3.05) is 13.6 Å². The fourth-order valence-corrected chi connectivity index (χ4v) is 2.63. The lowest BCUT2D eigenvalue weighted by Crippen LogP contribution is -2.40.